The first-order chi connectivity index (χ1) is 8.08. The molecule has 0 unspecified atom stereocenters. The summed E-state index contributed by atoms with van der Waals surface area (Å²) >= 11 is 5.82. The largest absolute Gasteiger partial charge is 0.356 e. The summed E-state index contributed by atoms with van der Waals surface area (Å²) in [5.74, 6) is -0.230. The fourth-order valence-electron chi connectivity index (χ4n) is 1.29. The number of rotatable bonds is 5. The Labute approximate surface area is 105 Å². The van der Waals surface area contributed by atoms with E-state index in [1.54, 1.807) is 12.1 Å². The zero-order chi connectivity index (χ0) is 12.7. The summed E-state index contributed by atoms with van der Waals surface area (Å²) in [4.78, 5) is 22.0. The van der Waals surface area contributed by atoms with Gasteiger partial charge in [-0.3, -0.25) is 9.59 Å². The van der Waals surface area contributed by atoms with E-state index >= 15 is 0 Å². The van der Waals surface area contributed by atoms with Crippen LogP contribution in [-0.4, -0.2) is 18.4 Å². The molecular weight excluding hydrogens is 240 g/mol. The maximum Gasteiger partial charge on any atom is 0.222 e. The molecule has 0 aliphatic rings. The Balaban J connectivity index is 2.26. The molecule has 0 aliphatic carbocycles. The van der Waals surface area contributed by atoms with E-state index < -0.39 is 0 Å². The van der Waals surface area contributed by atoms with E-state index in [4.69, 9.17) is 11.6 Å². The fourth-order valence-corrected chi connectivity index (χ4v) is 1.50. The number of carbonyl (C=O) groups excluding carboxylic acids is 2. The quantitative estimate of drug-likeness (QED) is 0.836. The van der Waals surface area contributed by atoms with Gasteiger partial charge in [0.15, 0.2) is 0 Å². The van der Waals surface area contributed by atoms with Crippen molar-refractivity contribution in [3.63, 3.8) is 0 Å². The minimum atomic E-state index is -0.132. The van der Waals surface area contributed by atoms with E-state index in [0.717, 1.165) is 5.56 Å². The summed E-state index contributed by atoms with van der Waals surface area (Å²) in [6.45, 7) is 2.22. The van der Waals surface area contributed by atoms with E-state index in [2.05, 4.69) is 10.6 Å². The van der Waals surface area contributed by atoms with Crippen molar-refractivity contribution in [3.8, 4) is 0 Å². The lowest BCUT2D eigenvalue weighted by atomic mass is 10.2. The van der Waals surface area contributed by atoms with Gasteiger partial charge in [-0.05, 0) is 17.7 Å². The highest BCUT2D eigenvalue weighted by Gasteiger charge is 2.01. The Bertz CT molecular complexity index is 407. The molecule has 1 aromatic carbocycles. The third-order valence-corrected chi connectivity index (χ3v) is 2.34. The van der Waals surface area contributed by atoms with Gasteiger partial charge in [-0.25, -0.2) is 0 Å². The molecule has 5 heteroatoms. The minimum Gasteiger partial charge on any atom is -0.356 e. The zero-order valence-corrected chi connectivity index (χ0v) is 10.4. The lowest BCUT2D eigenvalue weighted by Crippen LogP contribution is -2.29. The molecule has 0 aromatic heterocycles. The van der Waals surface area contributed by atoms with Crippen molar-refractivity contribution >= 4 is 23.4 Å². The van der Waals surface area contributed by atoms with E-state index in [9.17, 15) is 9.59 Å². The summed E-state index contributed by atoms with van der Waals surface area (Å²) < 4.78 is 0. The van der Waals surface area contributed by atoms with Gasteiger partial charge in [0.05, 0.1) is 0 Å². The van der Waals surface area contributed by atoms with Crippen molar-refractivity contribution in [2.45, 2.75) is 19.9 Å². The fraction of sp³-hybridized carbons (Fsp3) is 0.333. The summed E-state index contributed by atoms with van der Waals surface area (Å²) in [7, 11) is 0. The Hall–Kier alpha value is -1.55. The van der Waals surface area contributed by atoms with Crippen LogP contribution in [0.4, 0.5) is 0 Å². The van der Waals surface area contributed by atoms with Crippen molar-refractivity contribution in [2.75, 3.05) is 6.54 Å². The van der Waals surface area contributed by atoms with Gasteiger partial charge in [0.1, 0.15) is 0 Å². The van der Waals surface area contributed by atoms with Crippen molar-refractivity contribution in [2.24, 2.45) is 0 Å². The molecular formula is C12H15ClN2O2. The molecule has 0 aliphatic heterocycles. The van der Waals surface area contributed by atoms with Crippen LogP contribution in [0.5, 0.6) is 0 Å². The maximum absolute atomic E-state index is 11.4. The number of benzene rings is 1. The number of carbonyl (C=O) groups is 2. The lowest BCUT2D eigenvalue weighted by molar-refractivity contribution is -0.121. The van der Waals surface area contributed by atoms with Crippen LogP contribution in [0.3, 0.4) is 0 Å². The molecule has 0 radical (unpaired) electrons. The molecule has 0 saturated carbocycles. The zero-order valence-electron chi connectivity index (χ0n) is 9.63. The van der Waals surface area contributed by atoms with Crippen molar-refractivity contribution in [3.05, 3.63) is 34.9 Å². The van der Waals surface area contributed by atoms with Gasteiger partial charge >= 0.3 is 0 Å². The molecule has 2 amide bonds. The summed E-state index contributed by atoms with van der Waals surface area (Å²) in [6.07, 6.45) is 0.278. The molecule has 1 aromatic rings. The number of amides is 2. The number of hydrogen-bond donors (Lipinski definition) is 2. The highest BCUT2D eigenvalue weighted by molar-refractivity contribution is 6.30. The molecule has 0 fully saturated rings. The number of hydrogen-bond acceptors (Lipinski definition) is 2. The summed E-state index contributed by atoms with van der Waals surface area (Å²) in [6, 6.07) is 7.31. The molecule has 17 heavy (non-hydrogen) atoms. The highest BCUT2D eigenvalue weighted by atomic mass is 35.5. The van der Waals surface area contributed by atoms with Gasteiger partial charge in [0, 0.05) is 31.5 Å². The second kappa shape index (κ2) is 6.91. The Morgan fingerprint density at radius 2 is 2.06 bits per heavy atom. The molecule has 0 spiro atoms. The van der Waals surface area contributed by atoms with E-state index in [-0.39, 0.29) is 18.2 Å². The molecule has 2 N–H and O–H groups in total. The van der Waals surface area contributed by atoms with Crippen molar-refractivity contribution < 1.29 is 9.59 Å². The second-order valence-electron chi connectivity index (χ2n) is 3.64. The first kappa shape index (κ1) is 13.5. The van der Waals surface area contributed by atoms with Gasteiger partial charge < -0.3 is 10.6 Å². The van der Waals surface area contributed by atoms with Crippen LogP contribution < -0.4 is 10.6 Å². The van der Waals surface area contributed by atoms with Gasteiger partial charge in [0.25, 0.3) is 0 Å². The summed E-state index contributed by atoms with van der Waals surface area (Å²) in [5, 5.41) is 5.96. The smallest absolute Gasteiger partial charge is 0.222 e. The van der Waals surface area contributed by atoms with Gasteiger partial charge in [-0.2, -0.15) is 0 Å². The predicted octanol–water partition coefficient (Wildman–Crippen LogP) is 1.48. The van der Waals surface area contributed by atoms with Gasteiger partial charge in [-0.1, -0.05) is 23.7 Å². The summed E-state index contributed by atoms with van der Waals surface area (Å²) in [5.41, 5.74) is 0.949. The normalized spacial score (nSPS) is 9.76. The first-order valence-electron chi connectivity index (χ1n) is 5.33. The monoisotopic (exact) mass is 254 g/mol. The van der Waals surface area contributed by atoms with Crippen molar-refractivity contribution in [1.82, 2.24) is 10.6 Å². The molecule has 0 saturated heterocycles. The lowest BCUT2D eigenvalue weighted by Gasteiger charge is -2.06. The minimum absolute atomic E-state index is 0.0984. The number of nitrogens with one attached hydrogen (secondary N) is 2. The topological polar surface area (TPSA) is 58.2 Å². The van der Waals surface area contributed by atoms with Crippen LogP contribution >= 0.6 is 11.6 Å². The van der Waals surface area contributed by atoms with Crippen LogP contribution in [0.15, 0.2) is 24.3 Å². The standard InChI is InChI=1S/C12H15ClN2O2/c1-9(16)14-6-5-12(17)15-8-10-3-2-4-11(13)7-10/h2-4,7H,5-6,8H2,1H3,(H,14,16)(H,15,17). The average Bonchev–Trinajstić information content (AvgIpc) is 2.26. The van der Waals surface area contributed by atoms with Crippen LogP contribution in [-0.2, 0) is 16.1 Å². The van der Waals surface area contributed by atoms with Crippen molar-refractivity contribution in [1.29, 1.82) is 0 Å². The molecule has 4 nitrogen and oxygen atoms in total. The Morgan fingerprint density at radius 3 is 2.71 bits per heavy atom. The average molecular weight is 255 g/mol. The molecule has 92 valence electrons. The Morgan fingerprint density at radius 1 is 1.29 bits per heavy atom. The van der Waals surface area contributed by atoms with E-state index in [1.807, 2.05) is 12.1 Å². The molecule has 1 rings (SSSR count). The maximum atomic E-state index is 11.4. The van der Waals surface area contributed by atoms with Gasteiger partial charge in [-0.15, -0.1) is 0 Å². The van der Waals surface area contributed by atoms with Gasteiger partial charge in [0.2, 0.25) is 11.8 Å². The Kier molecular flexibility index (Phi) is 5.49. The SMILES string of the molecule is CC(=O)NCCC(=O)NCc1cccc(Cl)c1. The molecule has 0 bridgehead atoms. The second-order valence-corrected chi connectivity index (χ2v) is 4.08. The van der Waals surface area contributed by atoms with E-state index in [0.29, 0.717) is 18.1 Å². The van der Waals surface area contributed by atoms with E-state index in [1.165, 1.54) is 6.92 Å². The molecule has 0 atom stereocenters. The highest BCUT2D eigenvalue weighted by Crippen LogP contribution is 2.10. The first-order valence-corrected chi connectivity index (χ1v) is 5.71. The van der Waals surface area contributed by atoms with Crippen LogP contribution in [0, 0.1) is 0 Å². The molecule has 0 heterocycles. The predicted molar refractivity (Wildman–Crippen MR) is 66.6 cm³/mol. The van der Waals surface area contributed by atoms with Crippen LogP contribution in [0.2, 0.25) is 5.02 Å². The third kappa shape index (κ3) is 5.92. The third-order valence-electron chi connectivity index (χ3n) is 2.10. The van der Waals surface area contributed by atoms with Crippen LogP contribution in [0.25, 0.3) is 0 Å². The van der Waals surface area contributed by atoms with Crippen LogP contribution in [0.1, 0.15) is 18.9 Å². The number of halogens is 1.